The molecule has 0 spiro atoms. The Morgan fingerprint density at radius 2 is 1.17 bits per heavy atom. The Hall–Kier alpha value is -2.29. The average Bonchev–Trinajstić information content (AvgIpc) is 2.80. The molecule has 0 fully saturated rings. The van der Waals surface area contributed by atoms with E-state index in [1.807, 2.05) is 0 Å². The second kappa shape index (κ2) is 11.2. The number of hydrogen-bond donors (Lipinski definition) is 0. The van der Waals surface area contributed by atoms with Crippen LogP contribution in [0.2, 0.25) is 0 Å². The molecular weight excluding hydrogens is 459 g/mol. The topological polar surface area (TPSA) is 43.4 Å². The molecule has 0 heterocycles. The van der Waals surface area contributed by atoms with E-state index >= 15 is 0 Å². The van der Waals surface area contributed by atoms with Crippen LogP contribution in [0.4, 0.5) is 0 Å². The number of halogens is 1. The van der Waals surface area contributed by atoms with Crippen molar-refractivity contribution in [2.24, 2.45) is 0 Å². The summed E-state index contributed by atoms with van der Waals surface area (Å²) in [6.45, 7) is 3.09. The van der Waals surface area contributed by atoms with Crippen LogP contribution in [-0.4, -0.2) is 24.0 Å². The minimum atomic E-state index is -3.45. The number of ether oxygens (including phenoxy) is 1. The van der Waals surface area contributed by atoms with Crippen molar-refractivity contribution in [2.75, 3.05) is 6.11 Å². The van der Waals surface area contributed by atoms with Gasteiger partial charge in [-0.05, 0) is 50.2 Å². The van der Waals surface area contributed by atoms with Crippen LogP contribution in [0.15, 0.2) is 91.0 Å². The number of carbonyl (C=O) groups is 2. The van der Waals surface area contributed by atoms with Gasteiger partial charge in [-0.15, -0.1) is 0 Å². The Morgan fingerprint density at radius 1 is 0.800 bits per heavy atom. The molecule has 0 N–H and O–H groups in total. The van der Waals surface area contributed by atoms with Crippen LogP contribution in [0.3, 0.4) is 0 Å². The zero-order valence-corrected chi connectivity index (χ0v) is 19.3. The summed E-state index contributed by atoms with van der Waals surface area (Å²) in [4.78, 5) is 26.2. The van der Waals surface area contributed by atoms with E-state index in [1.54, 1.807) is 105 Å². The van der Waals surface area contributed by atoms with Gasteiger partial charge in [0, 0.05) is 2.74 Å². The molecule has 3 nitrogen and oxygen atoms in total. The van der Waals surface area contributed by atoms with E-state index in [2.05, 4.69) is 0 Å². The molecule has 0 saturated carbocycles. The second-order valence-corrected chi connectivity index (χ2v) is 9.81. The van der Waals surface area contributed by atoms with Gasteiger partial charge < -0.3 is 21.7 Å². The molecule has 3 rings (SSSR count). The number of carbonyl (C=O) groups excluding carboxylic acids is 2. The highest BCUT2D eigenvalue weighted by molar-refractivity contribution is 7.96. The number of hydrogen-bond acceptors (Lipinski definition) is 3. The fraction of sp³-hybridized carbons (Fsp3) is 0.200. The van der Waals surface area contributed by atoms with Crippen LogP contribution < -0.4 is 32.9 Å². The first-order valence-electron chi connectivity index (χ1n) is 11.4. The quantitative estimate of drug-likeness (QED) is 0.268. The molecule has 0 atom stereocenters. The van der Waals surface area contributed by atoms with Crippen LogP contribution in [0.1, 0.15) is 25.7 Å². The van der Waals surface area contributed by atoms with Crippen LogP contribution in [-0.2, 0) is 14.3 Å². The van der Waals surface area contributed by atoms with E-state index in [4.69, 9.17) is 7.48 Å². The van der Waals surface area contributed by atoms with Crippen LogP contribution in [0.25, 0.3) is 0 Å². The van der Waals surface area contributed by atoms with Crippen LogP contribution in [0, 0.1) is 0 Å². The Labute approximate surface area is 195 Å². The van der Waals surface area contributed by atoms with Crippen molar-refractivity contribution in [3.63, 3.8) is 0 Å². The van der Waals surface area contributed by atoms with E-state index in [-0.39, 0.29) is 17.0 Å². The third-order valence-electron chi connectivity index (χ3n) is 4.26. The van der Waals surface area contributed by atoms with Gasteiger partial charge in [0.15, 0.2) is 5.78 Å². The molecule has 156 valence electrons. The fourth-order valence-electron chi connectivity index (χ4n) is 3.11. The largest absolute Gasteiger partial charge is 1.00 e. The molecule has 3 aromatic rings. The van der Waals surface area contributed by atoms with Gasteiger partial charge in [-0.3, -0.25) is 9.59 Å². The van der Waals surface area contributed by atoms with Crippen molar-refractivity contribution in [1.82, 2.24) is 0 Å². The van der Waals surface area contributed by atoms with Crippen molar-refractivity contribution in [3.8, 4) is 0 Å². The van der Waals surface area contributed by atoms with Crippen molar-refractivity contribution in [3.05, 3.63) is 91.0 Å². The van der Waals surface area contributed by atoms with Gasteiger partial charge in [0.05, 0.1) is 8.85 Å². The molecular formula is C25H26BrO3P. The third-order valence-corrected chi connectivity index (χ3v) is 8.01. The van der Waals surface area contributed by atoms with E-state index < -0.39 is 37.6 Å². The summed E-state index contributed by atoms with van der Waals surface area (Å²) in [7, 11) is -3.45. The second-order valence-electron chi connectivity index (χ2n) is 6.70. The first kappa shape index (κ1) is 18.5. The highest BCUT2D eigenvalue weighted by Gasteiger charge is 2.47. The first-order valence-corrected chi connectivity index (χ1v) is 11.2. The lowest BCUT2D eigenvalue weighted by Crippen LogP contribution is -3.00. The van der Waals surface area contributed by atoms with Crippen molar-refractivity contribution >= 4 is 34.9 Å². The average molecular weight is 489 g/mol. The lowest BCUT2D eigenvalue weighted by Gasteiger charge is -2.27. The summed E-state index contributed by atoms with van der Waals surface area (Å²) in [5.74, 6) is -2.84. The Balaban J connectivity index is 0.00000408. The Kier molecular flexibility index (Phi) is 6.90. The SMILES string of the molecule is [2H]C([2H])(C(=O)OC(C)C)C(=O)C([2H])([2H])[P+](c1ccccc1)(c1ccccc1)c1ccccc1.[Br-]. The summed E-state index contributed by atoms with van der Waals surface area (Å²) < 4.78 is 39.9. The molecule has 0 aliphatic rings. The third kappa shape index (κ3) is 5.65. The van der Waals surface area contributed by atoms with Crippen molar-refractivity contribution in [1.29, 1.82) is 0 Å². The lowest BCUT2D eigenvalue weighted by molar-refractivity contribution is -0.149. The van der Waals surface area contributed by atoms with E-state index in [0.29, 0.717) is 15.9 Å². The van der Waals surface area contributed by atoms with Crippen LogP contribution in [0.5, 0.6) is 0 Å². The smallest absolute Gasteiger partial charge is 0.313 e. The van der Waals surface area contributed by atoms with Gasteiger partial charge in [0.2, 0.25) is 0 Å². The van der Waals surface area contributed by atoms with Gasteiger partial charge in [0.1, 0.15) is 35.7 Å². The first-order chi connectivity index (χ1) is 15.6. The zero-order valence-electron chi connectivity index (χ0n) is 20.8. The van der Waals surface area contributed by atoms with E-state index in [9.17, 15) is 12.3 Å². The summed E-state index contributed by atoms with van der Waals surface area (Å²) >= 11 is 0. The maximum absolute atomic E-state index is 13.7. The molecule has 0 amide bonds. The van der Waals surface area contributed by atoms with Crippen LogP contribution >= 0.6 is 7.26 Å². The summed E-state index contributed by atoms with van der Waals surface area (Å²) in [6, 6.07) is 26.5. The lowest BCUT2D eigenvalue weighted by atomic mass is 10.3. The minimum Gasteiger partial charge on any atom is -1.00 e. The van der Waals surface area contributed by atoms with Gasteiger partial charge in [-0.25, -0.2) is 0 Å². The summed E-state index contributed by atoms with van der Waals surface area (Å²) in [6.07, 6.45) is -6.59. The van der Waals surface area contributed by atoms with Gasteiger partial charge in [0.25, 0.3) is 0 Å². The predicted octanol–water partition coefficient (Wildman–Crippen LogP) is 0.895. The highest BCUT2D eigenvalue weighted by atomic mass is 79.9. The molecule has 5 heteroatoms. The number of esters is 1. The van der Waals surface area contributed by atoms with Crippen molar-refractivity contribution in [2.45, 2.75) is 26.3 Å². The van der Waals surface area contributed by atoms with Gasteiger partial charge >= 0.3 is 5.97 Å². The normalized spacial score (nSPS) is 13.8. The van der Waals surface area contributed by atoms with E-state index in [1.165, 1.54) is 0 Å². The summed E-state index contributed by atoms with van der Waals surface area (Å²) in [5, 5.41) is 1.69. The van der Waals surface area contributed by atoms with Gasteiger partial charge in [-0.2, -0.15) is 0 Å². The maximum Gasteiger partial charge on any atom is 0.313 e. The minimum absolute atomic E-state index is 0. The summed E-state index contributed by atoms with van der Waals surface area (Å²) in [5.41, 5.74) is 0. The zero-order chi connectivity index (χ0) is 24.3. The molecule has 0 saturated heterocycles. The van der Waals surface area contributed by atoms with Crippen molar-refractivity contribution < 1.29 is 36.8 Å². The highest BCUT2D eigenvalue weighted by Crippen LogP contribution is 2.55. The Bertz CT molecular complexity index is 1010. The maximum atomic E-state index is 13.7. The number of rotatable bonds is 8. The molecule has 0 bridgehead atoms. The number of ketones is 1. The Morgan fingerprint density at radius 3 is 1.50 bits per heavy atom. The number of benzene rings is 3. The van der Waals surface area contributed by atoms with E-state index in [0.717, 1.165) is 0 Å². The molecule has 30 heavy (non-hydrogen) atoms. The standard InChI is InChI=1S/C25H26O3P.BrH/c1-20(2)28-25(27)18-21(26)19-29(22-12-6-3-7-13-22,23-14-8-4-9-15-23)24-16-10-5-11-17-24;/h3-17,20H,18-19H2,1-2H3;1H/q+1;/p-1/i18D2,19D2;. The molecule has 3 aromatic carbocycles. The monoisotopic (exact) mass is 488 g/mol. The fourth-order valence-corrected chi connectivity index (χ4v) is 6.61. The molecule has 0 aliphatic carbocycles. The molecule has 0 unspecified atom stereocenters. The number of Topliss-reactive ketones (excluding diaryl/α,β-unsaturated/α-hetero) is 1. The molecule has 0 aromatic heterocycles. The molecule has 0 aliphatic heterocycles. The van der Waals surface area contributed by atoms with Gasteiger partial charge in [-0.1, -0.05) is 54.6 Å². The predicted molar refractivity (Wildman–Crippen MR) is 121 cm³/mol. The molecule has 0 radical (unpaired) electrons.